The van der Waals surface area contributed by atoms with Crippen LogP contribution in [0.5, 0.6) is 0 Å². The standard InChI is InChI=1S/C12H24N2O/c1-3-11(14-9(2)12(13)15)10-7-5-4-6-8-10/h9-11,14H,3-8H2,1-2H3,(H2,13,15). The summed E-state index contributed by atoms with van der Waals surface area (Å²) in [6, 6.07) is 0.268. The molecule has 2 unspecified atom stereocenters. The van der Waals surface area contributed by atoms with Crippen LogP contribution >= 0.6 is 0 Å². The summed E-state index contributed by atoms with van der Waals surface area (Å²) in [6.07, 6.45) is 7.75. The molecule has 0 aromatic heterocycles. The number of rotatable bonds is 5. The second-order valence-electron chi connectivity index (χ2n) is 4.70. The lowest BCUT2D eigenvalue weighted by Gasteiger charge is -2.31. The summed E-state index contributed by atoms with van der Waals surface area (Å²) >= 11 is 0. The van der Waals surface area contributed by atoms with Gasteiger partial charge in [-0.3, -0.25) is 4.79 Å². The molecule has 0 radical (unpaired) electrons. The predicted octanol–water partition coefficient (Wildman–Crippen LogP) is 1.81. The van der Waals surface area contributed by atoms with Crippen molar-refractivity contribution in [3.8, 4) is 0 Å². The molecule has 3 N–H and O–H groups in total. The van der Waals surface area contributed by atoms with Gasteiger partial charge in [0.25, 0.3) is 0 Å². The number of primary amides is 1. The van der Waals surface area contributed by atoms with Gasteiger partial charge >= 0.3 is 0 Å². The van der Waals surface area contributed by atoms with E-state index in [9.17, 15) is 4.79 Å². The normalized spacial score (nSPS) is 22.3. The number of nitrogens with one attached hydrogen (secondary N) is 1. The zero-order chi connectivity index (χ0) is 11.3. The lowest BCUT2D eigenvalue weighted by atomic mass is 9.82. The van der Waals surface area contributed by atoms with Gasteiger partial charge in [-0.05, 0) is 32.1 Å². The minimum absolute atomic E-state index is 0.197. The highest BCUT2D eigenvalue weighted by atomic mass is 16.1. The summed E-state index contributed by atoms with van der Waals surface area (Å²) in [5.74, 6) is 0.495. The minimum Gasteiger partial charge on any atom is -0.368 e. The molecule has 2 atom stereocenters. The molecular formula is C12H24N2O. The maximum absolute atomic E-state index is 11.0. The van der Waals surface area contributed by atoms with Crippen LogP contribution in [0.25, 0.3) is 0 Å². The molecule has 0 heterocycles. The van der Waals surface area contributed by atoms with E-state index in [1.807, 2.05) is 6.92 Å². The zero-order valence-corrected chi connectivity index (χ0v) is 9.96. The molecule has 3 heteroatoms. The van der Waals surface area contributed by atoms with Crippen molar-refractivity contribution in [1.29, 1.82) is 0 Å². The highest BCUT2D eigenvalue weighted by Gasteiger charge is 2.24. The van der Waals surface area contributed by atoms with Crippen LogP contribution in [0.15, 0.2) is 0 Å². The molecule has 88 valence electrons. The smallest absolute Gasteiger partial charge is 0.234 e. The van der Waals surface area contributed by atoms with E-state index in [2.05, 4.69) is 12.2 Å². The largest absolute Gasteiger partial charge is 0.368 e. The Labute approximate surface area is 92.8 Å². The van der Waals surface area contributed by atoms with E-state index in [0.29, 0.717) is 6.04 Å². The topological polar surface area (TPSA) is 55.1 Å². The molecule has 1 amide bonds. The van der Waals surface area contributed by atoms with E-state index in [1.54, 1.807) is 0 Å². The molecule has 0 aromatic carbocycles. The van der Waals surface area contributed by atoms with Gasteiger partial charge in [-0.1, -0.05) is 26.2 Å². The summed E-state index contributed by atoms with van der Waals surface area (Å²) in [4.78, 5) is 11.0. The lowest BCUT2D eigenvalue weighted by molar-refractivity contribution is -0.119. The number of amides is 1. The summed E-state index contributed by atoms with van der Waals surface area (Å²) in [7, 11) is 0. The van der Waals surface area contributed by atoms with Gasteiger partial charge in [-0.25, -0.2) is 0 Å². The average molecular weight is 212 g/mol. The third-order valence-electron chi connectivity index (χ3n) is 3.55. The first-order chi connectivity index (χ1) is 7.15. The van der Waals surface area contributed by atoms with Crippen molar-refractivity contribution in [1.82, 2.24) is 5.32 Å². The number of carbonyl (C=O) groups excluding carboxylic acids is 1. The van der Waals surface area contributed by atoms with Gasteiger partial charge in [0.15, 0.2) is 0 Å². The van der Waals surface area contributed by atoms with Crippen LogP contribution in [-0.2, 0) is 4.79 Å². The number of nitrogens with two attached hydrogens (primary N) is 1. The van der Waals surface area contributed by atoms with Gasteiger partial charge in [0.2, 0.25) is 5.91 Å². The molecule has 3 nitrogen and oxygen atoms in total. The first kappa shape index (κ1) is 12.5. The maximum atomic E-state index is 11.0. The zero-order valence-electron chi connectivity index (χ0n) is 9.96. The molecule has 0 aliphatic heterocycles. The monoisotopic (exact) mass is 212 g/mol. The van der Waals surface area contributed by atoms with Gasteiger partial charge in [0.05, 0.1) is 6.04 Å². The molecule has 1 aliphatic carbocycles. The van der Waals surface area contributed by atoms with Gasteiger partial charge in [0, 0.05) is 6.04 Å². The van der Waals surface area contributed by atoms with Crippen LogP contribution in [0.2, 0.25) is 0 Å². The molecule has 1 aliphatic rings. The highest BCUT2D eigenvalue weighted by molar-refractivity contribution is 5.79. The number of hydrogen-bond acceptors (Lipinski definition) is 2. The van der Waals surface area contributed by atoms with Crippen LogP contribution in [0.4, 0.5) is 0 Å². The number of carbonyl (C=O) groups is 1. The summed E-state index contributed by atoms with van der Waals surface area (Å²) < 4.78 is 0. The molecule has 0 spiro atoms. The quantitative estimate of drug-likeness (QED) is 0.730. The van der Waals surface area contributed by atoms with Crippen molar-refractivity contribution in [3.63, 3.8) is 0 Å². The molecule has 0 saturated heterocycles. The third-order valence-corrected chi connectivity index (χ3v) is 3.55. The van der Waals surface area contributed by atoms with E-state index in [4.69, 9.17) is 5.73 Å². The van der Waals surface area contributed by atoms with Crippen molar-refractivity contribution in [2.45, 2.75) is 64.5 Å². The van der Waals surface area contributed by atoms with Crippen LogP contribution in [-0.4, -0.2) is 18.0 Å². The van der Waals surface area contributed by atoms with E-state index in [-0.39, 0.29) is 11.9 Å². The molecular weight excluding hydrogens is 188 g/mol. The van der Waals surface area contributed by atoms with Crippen LogP contribution in [0.1, 0.15) is 52.4 Å². The van der Waals surface area contributed by atoms with Crippen molar-refractivity contribution >= 4 is 5.91 Å². The number of hydrogen-bond donors (Lipinski definition) is 2. The molecule has 1 saturated carbocycles. The van der Waals surface area contributed by atoms with Crippen molar-refractivity contribution in [2.24, 2.45) is 11.7 Å². The fourth-order valence-corrected chi connectivity index (χ4v) is 2.53. The van der Waals surface area contributed by atoms with Crippen LogP contribution < -0.4 is 11.1 Å². The van der Waals surface area contributed by atoms with Gasteiger partial charge < -0.3 is 11.1 Å². The fourth-order valence-electron chi connectivity index (χ4n) is 2.53. The Morgan fingerprint density at radius 3 is 2.47 bits per heavy atom. The Hall–Kier alpha value is -0.570. The minimum atomic E-state index is -0.246. The molecule has 0 bridgehead atoms. The van der Waals surface area contributed by atoms with Gasteiger partial charge in [-0.2, -0.15) is 0 Å². The Balaban J connectivity index is 2.43. The second-order valence-corrected chi connectivity index (χ2v) is 4.70. The van der Waals surface area contributed by atoms with E-state index < -0.39 is 0 Å². The Morgan fingerprint density at radius 2 is 2.00 bits per heavy atom. The SMILES string of the molecule is CCC(NC(C)C(N)=O)C1CCCCC1. The molecule has 0 aromatic rings. The summed E-state index contributed by atoms with van der Waals surface area (Å²) in [5, 5.41) is 3.36. The van der Waals surface area contributed by atoms with Crippen molar-refractivity contribution in [3.05, 3.63) is 0 Å². The van der Waals surface area contributed by atoms with Crippen molar-refractivity contribution in [2.75, 3.05) is 0 Å². The Morgan fingerprint density at radius 1 is 1.40 bits per heavy atom. The first-order valence-corrected chi connectivity index (χ1v) is 6.20. The molecule has 1 rings (SSSR count). The predicted molar refractivity (Wildman–Crippen MR) is 62.4 cm³/mol. The second kappa shape index (κ2) is 6.11. The maximum Gasteiger partial charge on any atom is 0.234 e. The van der Waals surface area contributed by atoms with Crippen LogP contribution in [0.3, 0.4) is 0 Å². The van der Waals surface area contributed by atoms with E-state index in [1.165, 1.54) is 32.1 Å². The highest BCUT2D eigenvalue weighted by Crippen LogP contribution is 2.27. The Bertz CT molecular complexity index is 200. The summed E-state index contributed by atoms with van der Waals surface area (Å²) in [5.41, 5.74) is 5.27. The molecule has 1 fully saturated rings. The summed E-state index contributed by atoms with van der Waals surface area (Å²) in [6.45, 7) is 4.04. The van der Waals surface area contributed by atoms with Crippen LogP contribution in [0, 0.1) is 5.92 Å². The lowest BCUT2D eigenvalue weighted by Crippen LogP contribution is -2.47. The Kier molecular flexibility index (Phi) is 5.09. The first-order valence-electron chi connectivity index (χ1n) is 6.20. The third kappa shape index (κ3) is 3.82. The average Bonchev–Trinajstić information content (AvgIpc) is 2.26. The molecule has 15 heavy (non-hydrogen) atoms. The van der Waals surface area contributed by atoms with E-state index >= 15 is 0 Å². The van der Waals surface area contributed by atoms with Gasteiger partial charge in [-0.15, -0.1) is 0 Å². The van der Waals surface area contributed by atoms with E-state index in [0.717, 1.165) is 12.3 Å². The fraction of sp³-hybridized carbons (Fsp3) is 0.917. The van der Waals surface area contributed by atoms with Gasteiger partial charge in [0.1, 0.15) is 0 Å². The van der Waals surface area contributed by atoms with Crippen molar-refractivity contribution < 1.29 is 4.79 Å².